The first-order valence-corrected chi connectivity index (χ1v) is 6.29. The number of nitro groups is 1. The molecule has 0 aliphatic heterocycles. The van der Waals surface area contributed by atoms with E-state index in [1.807, 2.05) is 0 Å². The Morgan fingerprint density at radius 3 is 2.45 bits per heavy atom. The van der Waals surface area contributed by atoms with Crippen molar-refractivity contribution < 1.29 is 9.31 Å². The fourth-order valence-corrected chi connectivity index (χ4v) is 2.06. The molecule has 0 aliphatic rings. The van der Waals surface area contributed by atoms with Crippen LogP contribution in [-0.4, -0.2) is 4.92 Å². The maximum Gasteiger partial charge on any atom is 0.269 e. The van der Waals surface area contributed by atoms with E-state index in [4.69, 9.17) is 17.3 Å². The van der Waals surface area contributed by atoms with Gasteiger partial charge in [0, 0.05) is 18.2 Å². The highest BCUT2D eigenvalue weighted by Gasteiger charge is 2.11. The number of nitrogens with two attached hydrogens (primary N) is 1. The lowest BCUT2D eigenvalue weighted by atomic mass is 9.99. The van der Waals surface area contributed by atoms with Crippen LogP contribution in [0.15, 0.2) is 42.5 Å². The SMILES string of the molecule is NC(Cc1ccc([N+](=O)[O-])cc1)c1ccc(F)c(Cl)c1. The molecule has 104 valence electrons. The minimum atomic E-state index is -0.488. The molecule has 20 heavy (non-hydrogen) atoms. The molecule has 0 saturated heterocycles. The number of halogens is 2. The zero-order chi connectivity index (χ0) is 14.7. The van der Waals surface area contributed by atoms with Crippen molar-refractivity contribution in [1.82, 2.24) is 0 Å². The molecule has 2 rings (SSSR count). The van der Waals surface area contributed by atoms with Gasteiger partial charge in [-0.2, -0.15) is 0 Å². The zero-order valence-electron chi connectivity index (χ0n) is 10.4. The predicted molar refractivity (Wildman–Crippen MR) is 75.1 cm³/mol. The average molecular weight is 295 g/mol. The van der Waals surface area contributed by atoms with Gasteiger partial charge in [0.25, 0.3) is 5.69 Å². The van der Waals surface area contributed by atoms with Crippen molar-refractivity contribution in [3.63, 3.8) is 0 Å². The van der Waals surface area contributed by atoms with Crippen LogP contribution in [0.25, 0.3) is 0 Å². The highest BCUT2D eigenvalue weighted by molar-refractivity contribution is 6.30. The summed E-state index contributed by atoms with van der Waals surface area (Å²) >= 11 is 5.71. The molecule has 6 heteroatoms. The van der Waals surface area contributed by atoms with Gasteiger partial charge in [0.15, 0.2) is 0 Å². The summed E-state index contributed by atoms with van der Waals surface area (Å²) in [6, 6.07) is 10.2. The number of non-ortho nitro benzene ring substituents is 1. The summed E-state index contributed by atoms with van der Waals surface area (Å²) in [5.74, 6) is -0.488. The third kappa shape index (κ3) is 3.31. The van der Waals surface area contributed by atoms with E-state index in [2.05, 4.69) is 0 Å². The van der Waals surface area contributed by atoms with Gasteiger partial charge < -0.3 is 5.73 Å². The van der Waals surface area contributed by atoms with Crippen LogP contribution in [-0.2, 0) is 6.42 Å². The molecule has 0 amide bonds. The van der Waals surface area contributed by atoms with Gasteiger partial charge in [-0.3, -0.25) is 10.1 Å². The highest BCUT2D eigenvalue weighted by Crippen LogP contribution is 2.23. The monoisotopic (exact) mass is 294 g/mol. The number of benzene rings is 2. The van der Waals surface area contributed by atoms with Crippen molar-refractivity contribution in [3.05, 3.63) is 74.5 Å². The molecule has 0 heterocycles. The third-order valence-electron chi connectivity index (χ3n) is 2.97. The smallest absolute Gasteiger partial charge is 0.269 e. The van der Waals surface area contributed by atoms with Gasteiger partial charge in [-0.05, 0) is 29.7 Å². The Balaban J connectivity index is 2.12. The summed E-state index contributed by atoms with van der Waals surface area (Å²) in [5, 5.41) is 10.6. The highest BCUT2D eigenvalue weighted by atomic mass is 35.5. The summed E-state index contributed by atoms with van der Waals surface area (Å²) in [7, 11) is 0. The van der Waals surface area contributed by atoms with Crippen LogP contribution in [0.1, 0.15) is 17.2 Å². The predicted octanol–water partition coefficient (Wildman–Crippen LogP) is 3.63. The summed E-state index contributed by atoms with van der Waals surface area (Å²) < 4.78 is 13.1. The Kier molecular flexibility index (Phi) is 4.32. The van der Waals surface area contributed by atoms with Crippen LogP contribution >= 0.6 is 11.6 Å². The van der Waals surface area contributed by atoms with Crippen molar-refractivity contribution in [2.45, 2.75) is 12.5 Å². The van der Waals surface area contributed by atoms with E-state index in [-0.39, 0.29) is 16.8 Å². The lowest BCUT2D eigenvalue weighted by Gasteiger charge is -2.12. The first-order valence-electron chi connectivity index (χ1n) is 5.91. The molecular weight excluding hydrogens is 283 g/mol. The zero-order valence-corrected chi connectivity index (χ0v) is 11.2. The molecule has 2 aromatic carbocycles. The second-order valence-electron chi connectivity index (χ2n) is 4.41. The molecule has 0 fully saturated rings. The quantitative estimate of drug-likeness (QED) is 0.691. The fourth-order valence-electron chi connectivity index (χ4n) is 1.87. The Morgan fingerprint density at radius 1 is 1.25 bits per heavy atom. The molecule has 0 saturated carbocycles. The number of hydrogen-bond donors (Lipinski definition) is 1. The minimum absolute atomic E-state index is 0.0293. The van der Waals surface area contributed by atoms with Crippen LogP contribution in [0.3, 0.4) is 0 Å². The molecule has 1 unspecified atom stereocenters. The third-order valence-corrected chi connectivity index (χ3v) is 3.26. The van der Waals surface area contributed by atoms with E-state index in [0.29, 0.717) is 6.42 Å². The number of nitro benzene ring substituents is 1. The maximum atomic E-state index is 13.1. The first kappa shape index (κ1) is 14.4. The van der Waals surface area contributed by atoms with Crippen molar-refractivity contribution >= 4 is 17.3 Å². The molecule has 0 aliphatic carbocycles. The maximum absolute atomic E-state index is 13.1. The summed E-state index contributed by atoms with van der Waals surface area (Å²) in [6.07, 6.45) is 0.486. The van der Waals surface area contributed by atoms with Gasteiger partial charge in [-0.25, -0.2) is 4.39 Å². The van der Waals surface area contributed by atoms with Gasteiger partial charge in [-0.1, -0.05) is 29.8 Å². The molecule has 2 aromatic rings. The van der Waals surface area contributed by atoms with Crippen molar-refractivity contribution in [3.8, 4) is 0 Å². The molecule has 0 aromatic heterocycles. The van der Waals surface area contributed by atoms with E-state index >= 15 is 0 Å². The van der Waals surface area contributed by atoms with Crippen LogP contribution in [0.2, 0.25) is 5.02 Å². The number of hydrogen-bond acceptors (Lipinski definition) is 3. The van der Waals surface area contributed by atoms with Crippen LogP contribution < -0.4 is 5.73 Å². The van der Waals surface area contributed by atoms with E-state index in [1.54, 1.807) is 18.2 Å². The van der Waals surface area contributed by atoms with E-state index in [0.717, 1.165) is 11.1 Å². The Hall–Kier alpha value is -1.98. The Morgan fingerprint density at radius 2 is 1.90 bits per heavy atom. The van der Waals surface area contributed by atoms with Crippen molar-refractivity contribution in [2.75, 3.05) is 0 Å². The van der Waals surface area contributed by atoms with Gasteiger partial charge in [-0.15, -0.1) is 0 Å². The average Bonchev–Trinajstić information content (AvgIpc) is 2.42. The molecule has 1 atom stereocenters. The summed E-state index contributed by atoms with van der Waals surface area (Å²) in [4.78, 5) is 10.1. The Labute approximate surface area is 120 Å². The number of rotatable bonds is 4. The van der Waals surface area contributed by atoms with E-state index in [9.17, 15) is 14.5 Å². The van der Waals surface area contributed by atoms with Crippen molar-refractivity contribution in [2.24, 2.45) is 5.73 Å². The summed E-state index contributed by atoms with van der Waals surface area (Å²) in [5.41, 5.74) is 7.65. The van der Waals surface area contributed by atoms with Crippen LogP contribution in [0.4, 0.5) is 10.1 Å². The van der Waals surface area contributed by atoms with Gasteiger partial charge in [0.05, 0.1) is 9.95 Å². The second-order valence-corrected chi connectivity index (χ2v) is 4.81. The summed E-state index contributed by atoms with van der Waals surface area (Å²) in [6.45, 7) is 0. The molecule has 2 N–H and O–H groups in total. The van der Waals surface area contributed by atoms with Crippen LogP contribution in [0.5, 0.6) is 0 Å². The molecule has 0 radical (unpaired) electrons. The molecule has 4 nitrogen and oxygen atoms in total. The fraction of sp³-hybridized carbons (Fsp3) is 0.143. The van der Waals surface area contributed by atoms with E-state index < -0.39 is 10.7 Å². The van der Waals surface area contributed by atoms with Crippen LogP contribution in [0, 0.1) is 15.9 Å². The van der Waals surface area contributed by atoms with Gasteiger partial charge in [0.1, 0.15) is 5.82 Å². The normalized spacial score (nSPS) is 12.2. The van der Waals surface area contributed by atoms with Gasteiger partial charge >= 0.3 is 0 Å². The first-order chi connectivity index (χ1) is 9.47. The minimum Gasteiger partial charge on any atom is -0.324 e. The lowest BCUT2D eigenvalue weighted by molar-refractivity contribution is -0.384. The standard InChI is InChI=1S/C14H12ClFN2O2/c15-12-8-10(3-6-13(12)16)14(17)7-9-1-4-11(5-2-9)18(19)20/h1-6,8,14H,7,17H2. The van der Waals surface area contributed by atoms with E-state index in [1.165, 1.54) is 24.3 Å². The molecule has 0 spiro atoms. The molecule has 0 bridgehead atoms. The second kappa shape index (κ2) is 5.98. The lowest BCUT2D eigenvalue weighted by Crippen LogP contribution is -2.13. The number of nitrogens with zero attached hydrogens (tertiary/aromatic N) is 1. The molecular formula is C14H12ClFN2O2. The Bertz CT molecular complexity index is 632. The van der Waals surface area contributed by atoms with Gasteiger partial charge in [0.2, 0.25) is 0 Å². The van der Waals surface area contributed by atoms with Crippen molar-refractivity contribution in [1.29, 1.82) is 0 Å². The largest absolute Gasteiger partial charge is 0.324 e. The topological polar surface area (TPSA) is 69.2 Å².